The number of nitrogens with zero attached hydrogens (tertiary/aromatic N) is 2. The summed E-state index contributed by atoms with van der Waals surface area (Å²) in [5.41, 5.74) is -0.461. The highest BCUT2D eigenvalue weighted by Gasteiger charge is 2.55. The molecule has 0 saturated heterocycles. The van der Waals surface area contributed by atoms with E-state index in [0.29, 0.717) is 27.7 Å². The fraction of sp³-hybridized carbons (Fsp3) is 0.130. The number of fused-ring (bicyclic) bond motifs is 4. The number of likely N-dealkylation sites (N-methyl/N-ethyl adjacent to an activating group) is 1. The quantitative estimate of drug-likeness (QED) is 0.509. The summed E-state index contributed by atoms with van der Waals surface area (Å²) in [7, 11) is 1.56. The van der Waals surface area contributed by atoms with E-state index in [1.807, 2.05) is 0 Å². The van der Waals surface area contributed by atoms with E-state index in [0.717, 1.165) is 12.1 Å². The zero-order chi connectivity index (χ0) is 22.7. The molecule has 2 heterocycles. The first-order valence-electron chi connectivity index (χ1n) is 9.50. The predicted molar refractivity (Wildman–Crippen MR) is 111 cm³/mol. The van der Waals surface area contributed by atoms with Gasteiger partial charge in [-0.1, -0.05) is 41.9 Å². The van der Waals surface area contributed by atoms with Crippen molar-refractivity contribution < 1.29 is 27.4 Å². The van der Waals surface area contributed by atoms with Gasteiger partial charge in [-0.2, -0.15) is 0 Å². The van der Waals surface area contributed by atoms with Crippen molar-refractivity contribution in [3.05, 3.63) is 88.4 Å². The standard InChI is InChI=1S/C23H14ClF3N2O3/c1-29-20(13-5-4-6-14(24)11-13)28-22(21(29)30)16-7-2-3-8-18(16)31-19-10-9-15(12-17(19)22)32-23(25,26)27/h2-12H,1H3. The molecule has 5 rings (SSSR count). The van der Waals surface area contributed by atoms with E-state index in [9.17, 15) is 18.0 Å². The number of amidine groups is 1. The lowest BCUT2D eigenvalue weighted by Gasteiger charge is -2.33. The van der Waals surface area contributed by atoms with Gasteiger partial charge in [-0.15, -0.1) is 13.2 Å². The van der Waals surface area contributed by atoms with Crippen molar-refractivity contribution in [2.45, 2.75) is 11.9 Å². The van der Waals surface area contributed by atoms with Crippen molar-refractivity contribution in [3.8, 4) is 17.2 Å². The maximum atomic E-state index is 13.7. The summed E-state index contributed by atoms with van der Waals surface area (Å²) in [4.78, 5) is 19.9. The normalized spacial score (nSPS) is 19.3. The molecule has 0 saturated carbocycles. The molecule has 3 aromatic carbocycles. The first kappa shape index (κ1) is 20.4. The molecule has 1 unspecified atom stereocenters. The Kier molecular flexibility index (Phi) is 4.46. The number of aliphatic imine (C=N–C) groups is 1. The monoisotopic (exact) mass is 458 g/mol. The summed E-state index contributed by atoms with van der Waals surface area (Å²) < 4.78 is 48.6. The van der Waals surface area contributed by atoms with E-state index in [2.05, 4.69) is 4.74 Å². The first-order valence-corrected chi connectivity index (χ1v) is 9.88. The number of ether oxygens (including phenoxy) is 2. The third-order valence-corrected chi connectivity index (χ3v) is 5.59. The molecule has 1 atom stereocenters. The maximum absolute atomic E-state index is 13.7. The van der Waals surface area contributed by atoms with Crippen LogP contribution in [-0.4, -0.2) is 30.1 Å². The van der Waals surface area contributed by atoms with Gasteiger partial charge >= 0.3 is 6.36 Å². The van der Waals surface area contributed by atoms with E-state index in [-0.39, 0.29) is 11.3 Å². The average molecular weight is 459 g/mol. The molecular formula is C23H14ClF3N2O3. The number of para-hydroxylation sites is 1. The highest BCUT2D eigenvalue weighted by atomic mass is 35.5. The summed E-state index contributed by atoms with van der Waals surface area (Å²) >= 11 is 6.13. The van der Waals surface area contributed by atoms with Crippen molar-refractivity contribution in [2.75, 3.05) is 7.05 Å². The largest absolute Gasteiger partial charge is 0.573 e. The van der Waals surface area contributed by atoms with Crippen LogP contribution in [0.2, 0.25) is 5.02 Å². The minimum absolute atomic E-state index is 0.159. The summed E-state index contributed by atoms with van der Waals surface area (Å²) in [5, 5.41) is 0.459. The van der Waals surface area contributed by atoms with Crippen LogP contribution in [0.3, 0.4) is 0 Å². The number of carbonyl (C=O) groups is 1. The Hall–Kier alpha value is -3.52. The second kappa shape index (κ2) is 7.00. The number of alkyl halides is 3. The van der Waals surface area contributed by atoms with Crippen molar-refractivity contribution in [1.29, 1.82) is 0 Å². The maximum Gasteiger partial charge on any atom is 0.573 e. The van der Waals surface area contributed by atoms with E-state index >= 15 is 0 Å². The Morgan fingerprint density at radius 3 is 2.50 bits per heavy atom. The van der Waals surface area contributed by atoms with Gasteiger partial charge in [0.25, 0.3) is 5.91 Å². The number of halogens is 4. The molecule has 0 radical (unpaired) electrons. The van der Waals surface area contributed by atoms with E-state index < -0.39 is 23.6 Å². The molecule has 3 aromatic rings. The van der Waals surface area contributed by atoms with Gasteiger partial charge in [-0.3, -0.25) is 9.69 Å². The lowest BCUT2D eigenvalue weighted by Crippen LogP contribution is -2.41. The van der Waals surface area contributed by atoms with Crippen molar-refractivity contribution in [2.24, 2.45) is 4.99 Å². The van der Waals surface area contributed by atoms with E-state index in [1.165, 1.54) is 11.0 Å². The number of rotatable bonds is 2. The highest BCUT2D eigenvalue weighted by molar-refractivity contribution is 6.31. The topological polar surface area (TPSA) is 51.1 Å². The molecule has 0 N–H and O–H groups in total. The summed E-state index contributed by atoms with van der Waals surface area (Å²) in [5.74, 6) is 0.0368. The van der Waals surface area contributed by atoms with E-state index in [1.54, 1.807) is 55.6 Å². The Morgan fingerprint density at radius 2 is 1.75 bits per heavy atom. The lowest BCUT2D eigenvalue weighted by atomic mass is 9.80. The van der Waals surface area contributed by atoms with Crippen LogP contribution in [0.25, 0.3) is 0 Å². The minimum Gasteiger partial charge on any atom is -0.457 e. The van der Waals surface area contributed by atoms with Crippen LogP contribution in [0.5, 0.6) is 17.2 Å². The minimum atomic E-state index is -4.89. The number of amides is 1. The molecular weight excluding hydrogens is 445 g/mol. The van der Waals surface area contributed by atoms with Gasteiger partial charge in [0, 0.05) is 28.8 Å². The number of hydrogen-bond acceptors (Lipinski definition) is 4. The molecule has 9 heteroatoms. The molecule has 2 aliphatic heterocycles. The van der Waals surface area contributed by atoms with Crippen LogP contribution in [0.15, 0.2) is 71.7 Å². The molecule has 0 aromatic heterocycles. The molecule has 32 heavy (non-hydrogen) atoms. The van der Waals surface area contributed by atoms with Gasteiger partial charge < -0.3 is 9.47 Å². The van der Waals surface area contributed by atoms with Gasteiger partial charge in [0.1, 0.15) is 23.1 Å². The highest BCUT2D eigenvalue weighted by Crippen LogP contribution is 2.53. The Morgan fingerprint density at radius 1 is 1.00 bits per heavy atom. The predicted octanol–water partition coefficient (Wildman–Crippen LogP) is 5.51. The van der Waals surface area contributed by atoms with Gasteiger partial charge in [0.2, 0.25) is 0 Å². The van der Waals surface area contributed by atoms with Crippen molar-refractivity contribution in [1.82, 2.24) is 4.90 Å². The van der Waals surface area contributed by atoms with Crippen LogP contribution in [0.1, 0.15) is 16.7 Å². The Labute approximate surface area is 185 Å². The molecule has 0 bridgehead atoms. The SMILES string of the molecule is CN1C(=O)C2(N=C1c1cccc(Cl)c1)c1ccccc1Oc1ccc(OC(F)(F)F)cc12. The first-order chi connectivity index (χ1) is 15.2. The third-order valence-electron chi connectivity index (χ3n) is 5.36. The van der Waals surface area contributed by atoms with Gasteiger partial charge in [0.15, 0.2) is 5.54 Å². The molecule has 1 spiro atoms. The summed E-state index contributed by atoms with van der Waals surface area (Å²) in [6.07, 6.45) is -4.89. The van der Waals surface area contributed by atoms with Crippen LogP contribution in [0.4, 0.5) is 13.2 Å². The fourth-order valence-corrected chi connectivity index (χ4v) is 4.24. The average Bonchev–Trinajstić information content (AvgIpc) is 3.00. The second-order valence-electron chi connectivity index (χ2n) is 7.32. The fourth-order valence-electron chi connectivity index (χ4n) is 4.05. The zero-order valence-electron chi connectivity index (χ0n) is 16.5. The number of carbonyl (C=O) groups excluding carboxylic acids is 1. The smallest absolute Gasteiger partial charge is 0.457 e. The summed E-state index contributed by atoms with van der Waals surface area (Å²) in [6, 6.07) is 17.3. The van der Waals surface area contributed by atoms with Gasteiger partial charge in [-0.05, 0) is 36.4 Å². The molecule has 5 nitrogen and oxygen atoms in total. The zero-order valence-corrected chi connectivity index (χ0v) is 17.2. The molecule has 1 amide bonds. The Bertz CT molecular complexity index is 1290. The molecule has 162 valence electrons. The van der Waals surface area contributed by atoms with Gasteiger partial charge in [0.05, 0.1) is 0 Å². The van der Waals surface area contributed by atoms with E-state index in [4.69, 9.17) is 21.3 Å². The number of benzene rings is 3. The Balaban J connectivity index is 1.77. The second-order valence-corrected chi connectivity index (χ2v) is 7.76. The van der Waals surface area contributed by atoms with Crippen LogP contribution < -0.4 is 9.47 Å². The number of hydrogen-bond donors (Lipinski definition) is 0. The van der Waals surface area contributed by atoms with Crippen LogP contribution in [0, 0.1) is 0 Å². The van der Waals surface area contributed by atoms with Gasteiger partial charge in [-0.25, -0.2) is 4.99 Å². The third kappa shape index (κ3) is 3.10. The molecule has 0 aliphatic carbocycles. The molecule has 0 fully saturated rings. The lowest BCUT2D eigenvalue weighted by molar-refractivity contribution is -0.274. The molecule has 2 aliphatic rings. The van der Waals surface area contributed by atoms with Crippen LogP contribution >= 0.6 is 11.6 Å². The van der Waals surface area contributed by atoms with Crippen molar-refractivity contribution in [3.63, 3.8) is 0 Å². The summed E-state index contributed by atoms with van der Waals surface area (Å²) in [6.45, 7) is 0. The van der Waals surface area contributed by atoms with Crippen LogP contribution in [-0.2, 0) is 10.3 Å². The van der Waals surface area contributed by atoms with Crippen molar-refractivity contribution >= 4 is 23.3 Å².